The second kappa shape index (κ2) is 6.41. The summed E-state index contributed by atoms with van der Waals surface area (Å²) >= 11 is 0. The van der Waals surface area contributed by atoms with Crippen LogP contribution in [0.1, 0.15) is 51.5 Å². The number of nitrogens with zero attached hydrogens (tertiary/aromatic N) is 1. The van der Waals surface area contributed by atoms with E-state index in [2.05, 4.69) is 16.3 Å². The van der Waals surface area contributed by atoms with E-state index in [0.717, 1.165) is 46.5 Å². The number of primary amides is 1. The number of hydrogen-bond donors (Lipinski definition) is 2. The van der Waals surface area contributed by atoms with Crippen LogP contribution in [0.2, 0.25) is 0 Å². The first-order valence-corrected chi connectivity index (χ1v) is 8.74. The Balaban J connectivity index is 1.57. The Labute approximate surface area is 151 Å². The minimum Gasteiger partial charge on any atom is -0.366 e. The molecule has 4 rings (SSSR count). The number of hydrogen-bond acceptors (Lipinski definition) is 2. The van der Waals surface area contributed by atoms with E-state index in [0.29, 0.717) is 17.9 Å². The molecule has 132 valence electrons. The molecule has 1 saturated carbocycles. The van der Waals surface area contributed by atoms with Crippen LogP contribution in [0, 0.1) is 12.7 Å². The third-order valence-electron chi connectivity index (χ3n) is 4.85. The topological polar surface area (TPSA) is 71.8 Å². The van der Waals surface area contributed by atoms with Gasteiger partial charge in [-0.1, -0.05) is 12.1 Å². The molecule has 26 heavy (non-hydrogen) atoms. The number of rotatable bonds is 5. The Hall–Kier alpha value is -2.95. The molecule has 0 spiro atoms. The lowest BCUT2D eigenvalue weighted by Gasteiger charge is -2.04. The smallest absolute Gasteiger partial charge is 0.248 e. The monoisotopic (exact) mass is 349 g/mol. The van der Waals surface area contributed by atoms with Gasteiger partial charge in [0.25, 0.3) is 0 Å². The summed E-state index contributed by atoms with van der Waals surface area (Å²) in [5, 5.41) is 7.38. The highest BCUT2D eigenvalue weighted by molar-refractivity contribution is 5.94. The SMILES string of the molecule is Cc1cc(-c2cc(Cc3cc(F)cc(C4CC4)c3)n[nH]2)ccc1C(N)=O. The van der Waals surface area contributed by atoms with Crippen molar-refractivity contribution in [3.8, 4) is 11.3 Å². The summed E-state index contributed by atoms with van der Waals surface area (Å²) in [6, 6.07) is 12.7. The van der Waals surface area contributed by atoms with E-state index in [1.807, 2.05) is 25.1 Å². The van der Waals surface area contributed by atoms with Gasteiger partial charge >= 0.3 is 0 Å². The zero-order chi connectivity index (χ0) is 18.3. The summed E-state index contributed by atoms with van der Waals surface area (Å²) < 4.78 is 13.9. The van der Waals surface area contributed by atoms with Crippen molar-refractivity contribution in [3.05, 3.63) is 76.2 Å². The summed E-state index contributed by atoms with van der Waals surface area (Å²) in [4.78, 5) is 11.4. The first-order chi connectivity index (χ1) is 12.5. The number of nitrogens with two attached hydrogens (primary N) is 1. The molecule has 3 aromatic rings. The second-order valence-electron chi connectivity index (χ2n) is 7.01. The van der Waals surface area contributed by atoms with E-state index in [-0.39, 0.29) is 5.82 Å². The first-order valence-electron chi connectivity index (χ1n) is 8.74. The molecule has 0 bridgehead atoms. The molecular formula is C21H20FN3O. The summed E-state index contributed by atoms with van der Waals surface area (Å²) in [5.74, 6) is -0.0966. The van der Waals surface area contributed by atoms with Gasteiger partial charge in [0.1, 0.15) is 5.82 Å². The molecule has 1 aliphatic carbocycles. The third-order valence-corrected chi connectivity index (χ3v) is 4.85. The maximum absolute atomic E-state index is 13.9. The Bertz CT molecular complexity index is 989. The molecule has 0 unspecified atom stereocenters. The Morgan fingerprint density at radius 3 is 2.73 bits per heavy atom. The maximum Gasteiger partial charge on any atom is 0.248 e. The average Bonchev–Trinajstić information content (AvgIpc) is 3.34. The molecule has 5 heteroatoms. The number of carbonyl (C=O) groups excluding carboxylic acids is 1. The van der Waals surface area contributed by atoms with Crippen LogP contribution in [0.3, 0.4) is 0 Å². The first kappa shape index (κ1) is 16.5. The van der Waals surface area contributed by atoms with E-state index in [9.17, 15) is 9.18 Å². The molecular weight excluding hydrogens is 329 g/mol. The Morgan fingerprint density at radius 2 is 2.04 bits per heavy atom. The Morgan fingerprint density at radius 1 is 1.23 bits per heavy atom. The van der Waals surface area contributed by atoms with E-state index in [1.54, 1.807) is 18.2 Å². The predicted molar refractivity (Wildman–Crippen MR) is 98.5 cm³/mol. The number of amides is 1. The molecule has 0 radical (unpaired) electrons. The molecule has 1 aliphatic rings. The minimum atomic E-state index is -0.433. The lowest BCUT2D eigenvalue weighted by atomic mass is 10.0. The number of H-pyrrole nitrogens is 1. The fourth-order valence-corrected chi connectivity index (χ4v) is 3.35. The molecule has 1 heterocycles. The largest absolute Gasteiger partial charge is 0.366 e. The molecule has 4 nitrogen and oxygen atoms in total. The van der Waals surface area contributed by atoms with Crippen LogP contribution in [0.25, 0.3) is 11.3 Å². The van der Waals surface area contributed by atoms with Crippen LogP contribution in [-0.2, 0) is 6.42 Å². The highest BCUT2D eigenvalue weighted by atomic mass is 19.1. The van der Waals surface area contributed by atoms with Crippen molar-refractivity contribution in [2.45, 2.75) is 32.1 Å². The van der Waals surface area contributed by atoms with Gasteiger partial charge in [0.15, 0.2) is 0 Å². The van der Waals surface area contributed by atoms with E-state index in [1.165, 1.54) is 0 Å². The minimum absolute atomic E-state index is 0.183. The van der Waals surface area contributed by atoms with Crippen molar-refractivity contribution in [1.29, 1.82) is 0 Å². The van der Waals surface area contributed by atoms with E-state index < -0.39 is 5.91 Å². The molecule has 3 N–H and O–H groups in total. The van der Waals surface area contributed by atoms with Crippen LogP contribution < -0.4 is 5.73 Å². The van der Waals surface area contributed by atoms with Gasteiger partial charge in [-0.3, -0.25) is 9.89 Å². The van der Waals surface area contributed by atoms with Crippen molar-refractivity contribution in [3.63, 3.8) is 0 Å². The zero-order valence-electron chi connectivity index (χ0n) is 14.6. The van der Waals surface area contributed by atoms with Crippen LogP contribution in [0.5, 0.6) is 0 Å². The van der Waals surface area contributed by atoms with Gasteiger partial charge in [0.2, 0.25) is 5.91 Å². The second-order valence-corrected chi connectivity index (χ2v) is 7.01. The average molecular weight is 349 g/mol. The van der Waals surface area contributed by atoms with Crippen molar-refractivity contribution in [1.82, 2.24) is 10.2 Å². The number of carbonyl (C=O) groups is 1. The van der Waals surface area contributed by atoms with E-state index in [4.69, 9.17) is 5.73 Å². The predicted octanol–water partition coefficient (Wildman–Crippen LogP) is 4.09. The molecule has 1 aromatic heterocycles. The summed E-state index contributed by atoms with van der Waals surface area (Å²) in [5.41, 5.74) is 11.4. The number of aromatic nitrogens is 2. The van der Waals surface area contributed by atoms with Gasteiger partial charge in [-0.2, -0.15) is 5.10 Å². The van der Waals surface area contributed by atoms with Gasteiger partial charge in [0.05, 0.1) is 11.4 Å². The van der Waals surface area contributed by atoms with Crippen LogP contribution in [-0.4, -0.2) is 16.1 Å². The highest BCUT2D eigenvalue weighted by Crippen LogP contribution is 2.40. The molecule has 0 saturated heterocycles. The Kier molecular flexibility index (Phi) is 4.07. The van der Waals surface area contributed by atoms with Crippen molar-refractivity contribution in [2.75, 3.05) is 0 Å². The maximum atomic E-state index is 13.9. The molecule has 1 amide bonds. The third kappa shape index (κ3) is 3.38. The molecule has 2 aromatic carbocycles. The summed E-state index contributed by atoms with van der Waals surface area (Å²) in [7, 11) is 0. The quantitative estimate of drug-likeness (QED) is 0.728. The number of benzene rings is 2. The van der Waals surface area contributed by atoms with Gasteiger partial charge in [0, 0.05) is 12.0 Å². The van der Waals surface area contributed by atoms with Crippen molar-refractivity contribution < 1.29 is 9.18 Å². The highest BCUT2D eigenvalue weighted by Gasteiger charge is 2.24. The number of aromatic amines is 1. The number of halogens is 1. The van der Waals surface area contributed by atoms with E-state index >= 15 is 0 Å². The molecule has 1 fully saturated rings. The van der Waals surface area contributed by atoms with Gasteiger partial charge in [-0.05, 0) is 78.3 Å². The van der Waals surface area contributed by atoms with Gasteiger partial charge in [-0.25, -0.2) is 4.39 Å². The van der Waals surface area contributed by atoms with Crippen LogP contribution in [0.4, 0.5) is 4.39 Å². The van der Waals surface area contributed by atoms with Crippen LogP contribution >= 0.6 is 0 Å². The van der Waals surface area contributed by atoms with Gasteiger partial charge in [-0.15, -0.1) is 0 Å². The lowest BCUT2D eigenvalue weighted by molar-refractivity contribution is 0.0999. The lowest BCUT2D eigenvalue weighted by Crippen LogP contribution is -2.12. The van der Waals surface area contributed by atoms with Crippen molar-refractivity contribution >= 4 is 5.91 Å². The summed E-state index contributed by atoms with van der Waals surface area (Å²) in [6.07, 6.45) is 2.87. The molecule has 0 atom stereocenters. The fraction of sp³-hybridized carbons (Fsp3) is 0.238. The number of nitrogens with one attached hydrogen (secondary N) is 1. The van der Waals surface area contributed by atoms with Crippen molar-refractivity contribution in [2.24, 2.45) is 5.73 Å². The normalized spacial score (nSPS) is 13.8. The molecule has 0 aliphatic heterocycles. The summed E-state index contributed by atoms with van der Waals surface area (Å²) in [6.45, 7) is 1.85. The fourth-order valence-electron chi connectivity index (χ4n) is 3.35. The zero-order valence-corrected chi connectivity index (χ0v) is 14.6. The van der Waals surface area contributed by atoms with Gasteiger partial charge < -0.3 is 5.73 Å². The standard InChI is InChI=1S/C21H20FN3O/c1-12-6-15(4-5-19(12)21(23)26)20-11-18(24-25-20)9-13-7-16(14-2-3-14)10-17(22)8-13/h4-8,10-11,14H,2-3,9H2,1H3,(H2,23,26)(H,24,25). The number of aryl methyl sites for hydroxylation is 1. The van der Waals surface area contributed by atoms with Crippen LogP contribution in [0.15, 0.2) is 42.5 Å².